The average Bonchev–Trinajstić information content (AvgIpc) is 3.30. The minimum atomic E-state index is -3.52. The number of alkyl halides is 1. The van der Waals surface area contributed by atoms with E-state index in [9.17, 15) is 14.2 Å². The summed E-state index contributed by atoms with van der Waals surface area (Å²) in [6, 6.07) is -0.505. The predicted molar refractivity (Wildman–Crippen MR) is 142 cm³/mol. The van der Waals surface area contributed by atoms with Crippen molar-refractivity contribution >= 4 is 56.1 Å². The van der Waals surface area contributed by atoms with Crippen LogP contribution in [-0.2, 0) is 39.4 Å². The molecular weight excluding hydrogens is 616 g/mol. The van der Waals surface area contributed by atoms with Crippen LogP contribution in [0.15, 0.2) is 15.8 Å². The number of hydrogen-bond acceptors (Lipinski definition) is 9. The number of nitrogens with zero attached hydrogens (tertiary/aromatic N) is 1. The summed E-state index contributed by atoms with van der Waals surface area (Å²) in [5.74, 6) is 0. The largest absolute Gasteiger partial charge is 0.380 e. The highest BCUT2D eigenvalue weighted by Gasteiger charge is 2.42. The number of aromatic amines is 1. The third-order valence-corrected chi connectivity index (χ3v) is 10.8. The SMILES string of the molecule is [B]C1CC(OP(C)(=S)CC)C(COP(C)(=O)OC2CC(n3cc(C)c(=O)[nH]c3=O)OC2CI)O1. The molecule has 8 unspecified atom stereocenters. The van der Waals surface area contributed by atoms with Gasteiger partial charge < -0.3 is 23.0 Å². The second-order valence-electron chi connectivity index (χ2n) is 8.63. The van der Waals surface area contributed by atoms with Crippen molar-refractivity contribution in [2.45, 2.75) is 63.3 Å². The Balaban J connectivity index is 1.64. The Morgan fingerprint density at radius 3 is 2.56 bits per heavy atom. The molecule has 190 valence electrons. The lowest BCUT2D eigenvalue weighted by Crippen LogP contribution is -2.33. The lowest BCUT2D eigenvalue weighted by Gasteiger charge is -2.26. The first-order chi connectivity index (χ1) is 15.8. The fourth-order valence-electron chi connectivity index (χ4n) is 3.77. The zero-order valence-corrected chi connectivity index (χ0v) is 24.3. The second-order valence-corrected chi connectivity index (χ2v) is 16.7. The minimum Gasteiger partial charge on any atom is -0.380 e. The van der Waals surface area contributed by atoms with Gasteiger partial charge in [-0.15, -0.1) is 0 Å². The maximum Gasteiger partial charge on any atom is 0.330 e. The van der Waals surface area contributed by atoms with Gasteiger partial charge in [-0.25, -0.2) is 4.79 Å². The highest BCUT2D eigenvalue weighted by molar-refractivity contribution is 14.1. The van der Waals surface area contributed by atoms with E-state index >= 15 is 0 Å². The van der Waals surface area contributed by atoms with E-state index in [-0.39, 0.29) is 19.1 Å². The number of H-pyrrole nitrogens is 1. The van der Waals surface area contributed by atoms with Crippen LogP contribution in [0, 0.1) is 6.92 Å². The van der Waals surface area contributed by atoms with Gasteiger partial charge in [0.05, 0.1) is 31.2 Å². The third kappa shape index (κ3) is 7.35. The number of rotatable bonds is 10. The smallest absolute Gasteiger partial charge is 0.330 e. The number of halogens is 1. The van der Waals surface area contributed by atoms with Gasteiger partial charge in [-0.2, -0.15) is 0 Å². The van der Waals surface area contributed by atoms with Gasteiger partial charge in [0.2, 0.25) is 0 Å². The number of aryl methyl sites for hydroxylation is 1. The van der Waals surface area contributed by atoms with Gasteiger partial charge in [0, 0.05) is 35.3 Å². The molecule has 1 aromatic heterocycles. The van der Waals surface area contributed by atoms with E-state index in [4.69, 9.17) is 42.7 Å². The topological polar surface area (TPSA) is 118 Å². The number of ether oxygens (including phenoxy) is 2. The Morgan fingerprint density at radius 1 is 1.24 bits per heavy atom. The van der Waals surface area contributed by atoms with Gasteiger partial charge >= 0.3 is 13.3 Å². The molecule has 2 aliphatic heterocycles. The van der Waals surface area contributed by atoms with Gasteiger partial charge in [0.25, 0.3) is 5.56 Å². The second kappa shape index (κ2) is 11.7. The molecular formula is C19H30BIN2O8P2S. The molecule has 34 heavy (non-hydrogen) atoms. The van der Waals surface area contributed by atoms with E-state index in [1.165, 1.54) is 17.4 Å². The van der Waals surface area contributed by atoms with Crippen molar-refractivity contribution in [2.75, 3.05) is 30.5 Å². The molecule has 3 heterocycles. The molecule has 0 amide bonds. The summed E-state index contributed by atoms with van der Waals surface area (Å²) < 4.78 is 44.3. The van der Waals surface area contributed by atoms with E-state index in [1.54, 1.807) is 6.92 Å². The molecule has 8 atom stereocenters. The molecule has 1 aromatic rings. The number of nitrogens with one attached hydrogen (secondary N) is 1. The Morgan fingerprint density at radius 2 is 1.91 bits per heavy atom. The molecule has 0 spiro atoms. The molecule has 1 N–H and O–H groups in total. The first-order valence-electron chi connectivity index (χ1n) is 10.9. The molecule has 0 bridgehead atoms. The van der Waals surface area contributed by atoms with Crippen molar-refractivity contribution in [1.29, 1.82) is 0 Å². The molecule has 2 fully saturated rings. The lowest BCUT2D eigenvalue weighted by molar-refractivity contribution is -0.0100. The van der Waals surface area contributed by atoms with Gasteiger partial charge in [0.1, 0.15) is 20.2 Å². The quantitative estimate of drug-likeness (QED) is 0.177. The van der Waals surface area contributed by atoms with Crippen molar-refractivity contribution in [2.24, 2.45) is 0 Å². The third-order valence-electron chi connectivity index (χ3n) is 5.75. The highest BCUT2D eigenvalue weighted by Crippen LogP contribution is 2.50. The van der Waals surface area contributed by atoms with Crippen molar-refractivity contribution in [1.82, 2.24) is 9.55 Å². The van der Waals surface area contributed by atoms with E-state index in [1.807, 2.05) is 13.6 Å². The normalized spacial score (nSPS) is 33.0. The van der Waals surface area contributed by atoms with Crippen LogP contribution in [0.1, 0.15) is 31.6 Å². The van der Waals surface area contributed by atoms with Gasteiger partial charge in [-0.1, -0.05) is 41.3 Å². The molecule has 2 aliphatic rings. The summed E-state index contributed by atoms with van der Waals surface area (Å²) in [5.41, 5.74) is -0.637. The monoisotopic (exact) mass is 646 g/mol. The number of aromatic nitrogens is 2. The van der Waals surface area contributed by atoms with Gasteiger partial charge in [-0.05, 0) is 26.2 Å². The highest BCUT2D eigenvalue weighted by atomic mass is 127. The first-order valence-corrected chi connectivity index (χ1v) is 17.8. The van der Waals surface area contributed by atoms with Crippen LogP contribution in [0.5, 0.6) is 0 Å². The van der Waals surface area contributed by atoms with Crippen LogP contribution in [0.25, 0.3) is 0 Å². The van der Waals surface area contributed by atoms with Crippen molar-refractivity contribution in [3.63, 3.8) is 0 Å². The van der Waals surface area contributed by atoms with Crippen molar-refractivity contribution < 1.29 is 27.6 Å². The summed E-state index contributed by atoms with van der Waals surface area (Å²) in [5, 5.41) is 0. The summed E-state index contributed by atoms with van der Waals surface area (Å²) >= 11 is 7.68. The lowest BCUT2D eigenvalue weighted by atomic mass is 9.96. The Kier molecular flexibility index (Phi) is 9.87. The minimum absolute atomic E-state index is 0.0182. The fourth-order valence-corrected chi connectivity index (χ4v) is 7.02. The standard InChI is InChI=1S/C19H30BIN2O8P2S/c1-5-32(3,34)30-12-6-16(20)28-15(12)10-27-33(4,26)31-13-7-17(29-14(13)8-21)23-9-11(2)18(24)22-19(23)25/h9,12-17H,5-8,10H2,1-4H3,(H,22,24,25). The molecule has 0 aliphatic carbocycles. The maximum absolute atomic E-state index is 13.2. The van der Waals surface area contributed by atoms with Crippen LogP contribution in [-0.4, -0.2) is 78.3 Å². The summed E-state index contributed by atoms with van der Waals surface area (Å²) in [6.07, 6.45) is -1.49. The van der Waals surface area contributed by atoms with Crippen LogP contribution in [0.2, 0.25) is 0 Å². The Bertz CT molecular complexity index is 1090. The Labute approximate surface area is 219 Å². The van der Waals surface area contributed by atoms with Gasteiger partial charge in [-0.3, -0.25) is 18.9 Å². The molecule has 0 saturated carbocycles. The van der Waals surface area contributed by atoms with E-state index in [2.05, 4.69) is 27.6 Å². The summed E-state index contributed by atoms with van der Waals surface area (Å²) in [4.78, 5) is 26.2. The summed E-state index contributed by atoms with van der Waals surface area (Å²) in [7, 11) is 2.42. The van der Waals surface area contributed by atoms with E-state index in [0.29, 0.717) is 16.4 Å². The van der Waals surface area contributed by atoms with Crippen molar-refractivity contribution in [3.05, 3.63) is 32.6 Å². The summed E-state index contributed by atoms with van der Waals surface area (Å²) in [6.45, 7) is 6.89. The van der Waals surface area contributed by atoms with Crippen molar-refractivity contribution in [3.8, 4) is 0 Å². The van der Waals surface area contributed by atoms with Crippen LogP contribution in [0.4, 0.5) is 0 Å². The molecule has 2 saturated heterocycles. The van der Waals surface area contributed by atoms with E-state index < -0.39 is 55.7 Å². The van der Waals surface area contributed by atoms with Crippen LogP contribution < -0.4 is 11.2 Å². The molecule has 10 nitrogen and oxygen atoms in total. The zero-order chi connectivity index (χ0) is 25.3. The number of hydrogen-bond donors (Lipinski definition) is 1. The Hall–Kier alpha value is 0.155. The first kappa shape index (κ1) is 28.7. The molecule has 15 heteroatoms. The van der Waals surface area contributed by atoms with E-state index in [0.717, 1.165) is 6.16 Å². The van der Waals surface area contributed by atoms with Gasteiger partial charge in [0.15, 0.2) is 0 Å². The maximum atomic E-state index is 13.2. The fraction of sp³-hybridized carbons (Fsp3) is 0.789. The molecule has 0 aromatic carbocycles. The average molecular weight is 646 g/mol. The zero-order valence-electron chi connectivity index (χ0n) is 19.5. The molecule has 2 radical (unpaired) electrons. The molecule has 3 rings (SSSR count). The predicted octanol–water partition coefficient (Wildman–Crippen LogP) is 2.51. The van der Waals surface area contributed by atoms with Crippen LogP contribution >= 0.6 is 36.5 Å². The van der Waals surface area contributed by atoms with Crippen LogP contribution in [0.3, 0.4) is 0 Å².